The maximum Gasteiger partial charge on any atom is 0.246 e. The van der Waals surface area contributed by atoms with E-state index >= 15 is 0 Å². The van der Waals surface area contributed by atoms with Crippen LogP contribution in [0.15, 0.2) is 5.10 Å². The average molecular weight is 273 g/mol. The van der Waals surface area contributed by atoms with Crippen molar-refractivity contribution in [1.82, 2.24) is 10.2 Å². The minimum absolute atomic E-state index is 0.0494. The molecule has 1 saturated heterocycles. The number of thioether (sulfide) groups is 1. The maximum absolute atomic E-state index is 11.4. The Morgan fingerprint density at radius 3 is 2.72 bits per heavy atom. The Bertz CT molecular complexity index is 384. The molecule has 100 valence electrons. The first-order valence-electron chi connectivity index (χ1n) is 5.29. The average Bonchev–Trinajstić information content (AvgIpc) is 2.71. The largest absolute Gasteiger partial charge is 0.377 e. The summed E-state index contributed by atoms with van der Waals surface area (Å²) in [4.78, 5) is 35.5. The first-order valence-corrected chi connectivity index (χ1v) is 6.28. The molecule has 0 aliphatic carbocycles. The Labute approximate surface area is 108 Å². The quantitative estimate of drug-likeness (QED) is 0.239. The second kappa shape index (κ2) is 6.84. The van der Waals surface area contributed by atoms with Crippen LogP contribution in [0.2, 0.25) is 0 Å². The van der Waals surface area contributed by atoms with Crippen LogP contribution in [-0.4, -0.2) is 46.6 Å². The number of rotatable bonds is 4. The van der Waals surface area contributed by atoms with Crippen LogP contribution in [0.4, 0.5) is 0 Å². The maximum atomic E-state index is 11.4. The summed E-state index contributed by atoms with van der Waals surface area (Å²) >= 11 is 0.928. The fraction of sp³-hybridized carbons (Fsp3) is 0.556. The van der Waals surface area contributed by atoms with Gasteiger partial charge >= 0.3 is 0 Å². The van der Waals surface area contributed by atoms with Gasteiger partial charge < -0.3 is 16.5 Å². The summed E-state index contributed by atoms with van der Waals surface area (Å²) in [6.07, 6.45) is 1.21. The van der Waals surface area contributed by atoms with Crippen molar-refractivity contribution in [2.75, 3.05) is 18.8 Å². The summed E-state index contributed by atoms with van der Waals surface area (Å²) in [7, 11) is 0. The molecule has 1 aliphatic heterocycles. The number of nitrogens with zero attached hydrogens (tertiary/aromatic N) is 2. The molecule has 0 atom stereocenters. The van der Waals surface area contributed by atoms with Crippen LogP contribution >= 0.6 is 11.8 Å². The van der Waals surface area contributed by atoms with Crippen molar-refractivity contribution in [2.24, 2.45) is 16.7 Å². The Morgan fingerprint density at radius 1 is 1.44 bits per heavy atom. The number of carbonyl (C=O) groups is 3. The van der Waals surface area contributed by atoms with E-state index in [1.807, 2.05) is 0 Å². The first kappa shape index (κ1) is 14.3. The van der Waals surface area contributed by atoms with Gasteiger partial charge in [-0.1, -0.05) is 11.8 Å². The Kier molecular flexibility index (Phi) is 5.43. The first-order chi connectivity index (χ1) is 8.52. The number of hydrazone groups is 1. The van der Waals surface area contributed by atoms with Crippen molar-refractivity contribution in [3.05, 3.63) is 0 Å². The number of imide groups is 1. The molecule has 5 N–H and O–H groups in total. The normalized spacial score (nSPS) is 15.9. The lowest BCUT2D eigenvalue weighted by Crippen LogP contribution is -2.41. The molecule has 0 aromatic heterocycles. The Morgan fingerprint density at radius 2 is 2.17 bits per heavy atom. The second-order valence-electron chi connectivity index (χ2n) is 3.65. The van der Waals surface area contributed by atoms with Gasteiger partial charge in [-0.3, -0.25) is 19.7 Å². The number of amides is 3. The van der Waals surface area contributed by atoms with Gasteiger partial charge in [0.2, 0.25) is 17.7 Å². The minimum atomic E-state index is -0.501. The topological polar surface area (TPSA) is 131 Å². The number of hydrogen-bond acceptors (Lipinski definition) is 6. The van der Waals surface area contributed by atoms with Gasteiger partial charge in [-0.25, -0.2) is 0 Å². The standard InChI is InChI=1S/C9H15N5O3S/c10-9(13-11)18-5-7(16)12-6(15)4-14-3-1-2-8(14)17/h1-5,11H2,(H2,10,13)(H,12,15,16). The van der Waals surface area contributed by atoms with Gasteiger partial charge in [0, 0.05) is 13.0 Å². The van der Waals surface area contributed by atoms with E-state index in [0.29, 0.717) is 13.0 Å². The molecular formula is C9H15N5O3S. The lowest BCUT2D eigenvalue weighted by Gasteiger charge is -2.14. The van der Waals surface area contributed by atoms with Gasteiger partial charge in [-0.05, 0) is 6.42 Å². The molecular weight excluding hydrogens is 258 g/mol. The molecule has 1 heterocycles. The predicted octanol–water partition coefficient (Wildman–Crippen LogP) is -1.83. The van der Waals surface area contributed by atoms with Gasteiger partial charge in [-0.2, -0.15) is 5.10 Å². The lowest BCUT2D eigenvalue weighted by molar-refractivity contribution is -0.135. The number of carbonyl (C=O) groups excluding carboxylic acids is 3. The van der Waals surface area contributed by atoms with E-state index in [-0.39, 0.29) is 23.4 Å². The molecule has 18 heavy (non-hydrogen) atoms. The number of nitrogens with one attached hydrogen (secondary N) is 1. The monoisotopic (exact) mass is 273 g/mol. The minimum Gasteiger partial charge on any atom is -0.377 e. The van der Waals surface area contributed by atoms with Gasteiger partial charge in [0.15, 0.2) is 5.17 Å². The van der Waals surface area contributed by atoms with Crippen LogP contribution in [0.5, 0.6) is 0 Å². The molecule has 0 aromatic rings. The highest BCUT2D eigenvalue weighted by Gasteiger charge is 2.22. The zero-order valence-electron chi connectivity index (χ0n) is 9.72. The molecule has 0 aromatic carbocycles. The van der Waals surface area contributed by atoms with Crippen LogP contribution in [0.3, 0.4) is 0 Å². The van der Waals surface area contributed by atoms with E-state index in [0.717, 1.165) is 18.2 Å². The van der Waals surface area contributed by atoms with Crippen LogP contribution in [0.1, 0.15) is 12.8 Å². The van der Waals surface area contributed by atoms with Crippen molar-refractivity contribution in [3.63, 3.8) is 0 Å². The van der Waals surface area contributed by atoms with E-state index in [2.05, 4.69) is 10.4 Å². The van der Waals surface area contributed by atoms with Crippen LogP contribution < -0.4 is 16.9 Å². The van der Waals surface area contributed by atoms with Crippen molar-refractivity contribution in [3.8, 4) is 0 Å². The number of hydrogen-bond donors (Lipinski definition) is 3. The summed E-state index contributed by atoms with van der Waals surface area (Å²) in [6.45, 7) is 0.470. The third-order valence-corrected chi connectivity index (χ3v) is 3.07. The predicted molar refractivity (Wildman–Crippen MR) is 67.2 cm³/mol. The molecule has 9 heteroatoms. The molecule has 0 radical (unpaired) electrons. The fourth-order valence-electron chi connectivity index (χ4n) is 1.45. The highest BCUT2D eigenvalue weighted by Crippen LogP contribution is 2.08. The Hall–Kier alpha value is -1.77. The third-order valence-electron chi connectivity index (χ3n) is 2.26. The molecule has 0 spiro atoms. The fourth-order valence-corrected chi connectivity index (χ4v) is 1.88. The van der Waals surface area contributed by atoms with Crippen LogP contribution in [-0.2, 0) is 14.4 Å². The summed E-state index contributed by atoms with van der Waals surface area (Å²) < 4.78 is 0. The third kappa shape index (κ3) is 4.62. The summed E-state index contributed by atoms with van der Waals surface area (Å²) in [6, 6.07) is 0. The number of nitrogens with two attached hydrogens (primary N) is 2. The van der Waals surface area contributed by atoms with Crippen molar-refractivity contribution >= 4 is 34.7 Å². The molecule has 0 unspecified atom stereocenters. The smallest absolute Gasteiger partial charge is 0.246 e. The molecule has 0 saturated carbocycles. The summed E-state index contributed by atoms with van der Waals surface area (Å²) in [5.41, 5.74) is 5.27. The lowest BCUT2D eigenvalue weighted by atomic mass is 10.4. The van der Waals surface area contributed by atoms with E-state index < -0.39 is 11.8 Å². The van der Waals surface area contributed by atoms with Crippen molar-refractivity contribution in [2.45, 2.75) is 12.8 Å². The van der Waals surface area contributed by atoms with Gasteiger partial charge in [0.25, 0.3) is 0 Å². The molecule has 3 amide bonds. The van der Waals surface area contributed by atoms with Gasteiger partial charge in [0.05, 0.1) is 12.3 Å². The highest BCUT2D eigenvalue weighted by atomic mass is 32.2. The van der Waals surface area contributed by atoms with E-state index in [1.54, 1.807) is 0 Å². The molecule has 1 fully saturated rings. The summed E-state index contributed by atoms with van der Waals surface area (Å²) in [5, 5.41) is 5.40. The molecule has 8 nitrogen and oxygen atoms in total. The second-order valence-corrected chi connectivity index (χ2v) is 4.64. The molecule has 1 aliphatic rings. The number of likely N-dealkylation sites (tertiary alicyclic amines) is 1. The zero-order valence-corrected chi connectivity index (χ0v) is 10.5. The van der Waals surface area contributed by atoms with E-state index in [1.165, 1.54) is 4.90 Å². The SMILES string of the molecule is NN=C(N)SCC(=O)NC(=O)CN1CCCC1=O. The number of amidine groups is 1. The van der Waals surface area contributed by atoms with Crippen LogP contribution in [0, 0.1) is 0 Å². The molecule has 1 rings (SSSR count). The van der Waals surface area contributed by atoms with Crippen LogP contribution in [0.25, 0.3) is 0 Å². The molecule has 0 bridgehead atoms. The van der Waals surface area contributed by atoms with Gasteiger partial charge in [-0.15, -0.1) is 0 Å². The van der Waals surface area contributed by atoms with Gasteiger partial charge in [0.1, 0.15) is 0 Å². The summed E-state index contributed by atoms with van der Waals surface area (Å²) in [5.74, 6) is 3.77. The zero-order chi connectivity index (χ0) is 13.5. The van der Waals surface area contributed by atoms with Crippen molar-refractivity contribution < 1.29 is 14.4 Å². The van der Waals surface area contributed by atoms with E-state index in [9.17, 15) is 14.4 Å². The Balaban J connectivity index is 2.27. The highest BCUT2D eigenvalue weighted by molar-refractivity contribution is 8.14. The van der Waals surface area contributed by atoms with Crippen molar-refractivity contribution in [1.29, 1.82) is 0 Å². The van der Waals surface area contributed by atoms with E-state index in [4.69, 9.17) is 11.6 Å².